The van der Waals surface area contributed by atoms with Gasteiger partial charge in [0.15, 0.2) is 5.71 Å². The Balaban J connectivity index is 2.57. The minimum atomic E-state index is -3.89. The first-order valence-corrected chi connectivity index (χ1v) is 14.3. The highest BCUT2D eigenvalue weighted by atomic mass is 32.2. The number of benzene rings is 2. The van der Waals surface area contributed by atoms with E-state index in [0.717, 1.165) is 24.8 Å². The lowest BCUT2D eigenvalue weighted by molar-refractivity contribution is -0.121. The summed E-state index contributed by atoms with van der Waals surface area (Å²) in [5, 5.41) is 13.2. The van der Waals surface area contributed by atoms with Gasteiger partial charge in [-0.2, -0.15) is 5.26 Å². The number of unbranched alkanes of at least 4 members (excludes halogenated alkanes) is 1. The number of nitrogens with zero attached hydrogens (tertiary/aromatic N) is 2. The Morgan fingerprint density at radius 3 is 2.42 bits per heavy atom. The van der Waals surface area contributed by atoms with Crippen molar-refractivity contribution in [3.63, 3.8) is 0 Å². The Morgan fingerprint density at radius 1 is 1.16 bits per heavy atom. The Kier molecular flexibility index (Phi) is 11.2. The van der Waals surface area contributed by atoms with Crippen LogP contribution in [0.15, 0.2) is 46.4 Å². The zero-order valence-electron chi connectivity index (χ0n) is 23.1. The number of oxime groups is 1. The van der Waals surface area contributed by atoms with Gasteiger partial charge in [-0.3, -0.25) is 4.79 Å². The molecule has 0 saturated carbocycles. The third kappa shape index (κ3) is 8.47. The molecule has 206 valence electrons. The van der Waals surface area contributed by atoms with E-state index >= 15 is 4.39 Å². The van der Waals surface area contributed by atoms with Crippen LogP contribution in [0.4, 0.5) is 4.39 Å². The molecule has 2 aromatic rings. The molecule has 0 spiro atoms. The third-order valence-electron chi connectivity index (χ3n) is 5.90. The summed E-state index contributed by atoms with van der Waals surface area (Å²) in [6.45, 7) is 9.25. The van der Waals surface area contributed by atoms with Gasteiger partial charge in [0.1, 0.15) is 24.8 Å². The van der Waals surface area contributed by atoms with Crippen molar-refractivity contribution in [2.24, 2.45) is 11.1 Å². The number of ketones is 1. The number of carbonyl (C=O) groups is 1. The quantitative estimate of drug-likeness (QED) is 0.247. The predicted octanol–water partition coefficient (Wildman–Crippen LogP) is 5.97. The normalized spacial score (nSPS) is 13.2. The zero-order chi connectivity index (χ0) is 28.5. The molecule has 38 heavy (non-hydrogen) atoms. The molecule has 0 saturated heterocycles. The number of aryl methyl sites for hydroxylation is 1. The molecule has 0 aliphatic rings. The van der Waals surface area contributed by atoms with Crippen molar-refractivity contribution in [3.05, 3.63) is 53.3 Å². The fourth-order valence-corrected chi connectivity index (χ4v) is 5.82. The van der Waals surface area contributed by atoms with Crippen molar-refractivity contribution in [3.8, 4) is 17.2 Å². The van der Waals surface area contributed by atoms with Gasteiger partial charge >= 0.3 is 0 Å². The molecule has 0 heterocycles. The fourth-order valence-electron chi connectivity index (χ4n) is 4.19. The van der Waals surface area contributed by atoms with Crippen LogP contribution in [0.5, 0.6) is 0 Å². The number of Topliss-reactive ketones (excluding diaryl/α,β-unsaturated/α-hetero) is 1. The topological polar surface area (TPSA) is 109 Å². The SMILES string of the molecule is CCCCC(=O)C(Cc1ccc(-c2cc(CCC)ccc2S(=O)(=O)NC(C)(C)C)cc1F)/C(C#N)=N\OC. The van der Waals surface area contributed by atoms with Crippen molar-refractivity contribution < 1.29 is 22.4 Å². The van der Waals surface area contributed by atoms with Gasteiger partial charge in [0.2, 0.25) is 10.0 Å². The second kappa shape index (κ2) is 13.6. The van der Waals surface area contributed by atoms with E-state index in [9.17, 15) is 18.5 Å². The molecule has 2 rings (SSSR count). The lowest BCUT2D eigenvalue weighted by Crippen LogP contribution is -2.40. The second-order valence-electron chi connectivity index (χ2n) is 10.3. The van der Waals surface area contributed by atoms with Gasteiger partial charge in [0.05, 0.1) is 10.8 Å². The van der Waals surface area contributed by atoms with Gasteiger partial charge in [0, 0.05) is 17.5 Å². The van der Waals surface area contributed by atoms with Crippen LogP contribution in [0.2, 0.25) is 0 Å². The highest BCUT2D eigenvalue weighted by Crippen LogP contribution is 2.32. The summed E-state index contributed by atoms with van der Waals surface area (Å²) in [5.74, 6) is -1.74. The lowest BCUT2D eigenvalue weighted by atomic mass is 9.88. The third-order valence-corrected chi connectivity index (χ3v) is 7.72. The van der Waals surface area contributed by atoms with E-state index in [1.807, 2.05) is 19.9 Å². The monoisotopic (exact) mass is 543 g/mol. The Hall–Kier alpha value is -3.09. The largest absolute Gasteiger partial charge is 0.398 e. The van der Waals surface area contributed by atoms with E-state index in [4.69, 9.17) is 4.84 Å². The second-order valence-corrected chi connectivity index (χ2v) is 12.0. The Morgan fingerprint density at radius 2 is 1.87 bits per heavy atom. The van der Waals surface area contributed by atoms with Gasteiger partial charge in [-0.25, -0.2) is 17.5 Å². The number of hydrogen-bond acceptors (Lipinski definition) is 6. The molecule has 1 N–H and O–H groups in total. The zero-order valence-corrected chi connectivity index (χ0v) is 23.9. The molecule has 0 fully saturated rings. The maximum Gasteiger partial charge on any atom is 0.241 e. The standard InChI is InChI=1S/C29H38FN3O4S/c1-7-9-11-27(34)24(26(19-31)32-37-6)17-22-14-13-21(18-25(22)30)23-16-20(10-8-2)12-15-28(23)38(35,36)33-29(3,4)5/h12-16,18,24,33H,7-11,17H2,1-6H3/b32-26-. The molecule has 2 aromatic carbocycles. The van der Waals surface area contributed by atoms with Crippen molar-refractivity contribution in [2.45, 2.75) is 83.6 Å². The first kappa shape index (κ1) is 31.1. The van der Waals surface area contributed by atoms with Crippen molar-refractivity contribution >= 4 is 21.5 Å². The molecular formula is C29H38FN3O4S. The Bertz CT molecular complexity index is 1310. The van der Waals surface area contributed by atoms with E-state index in [-0.39, 0.29) is 34.8 Å². The van der Waals surface area contributed by atoms with Gasteiger partial charge in [-0.15, -0.1) is 0 Å². The first-order valence-electron chi connectivity index (χ1n) is 12.9. The van der Waals surface area contributed by atoms with Crippen LogP contribution in [0.1, 0.15) is 71.4 Å². The maximum atomic E-state index is 15.5. The molecule has 1 atom stereocenters. The van der Waals surface area contributed by atoms with E-state index in [1.165, 1.54) is 19.2 Å². The highest BCUT2D eigenvalue weighted by molar-refractivity contribution is 7.89. The number of hydrogen-bond donors (Lipinski definition) is 1. The predicted molar refractivity (Wildman–Crippen MR) is 148 cm³/mol. The number of carbonyl (C=O) groups excluding carboxylic acids is 1. The van der Waals surface area contributed by atoms with E-state index in [2.05, 4.69) is 9.88 Å². The maximum absolute atomic E-state index is 15.5. The highest BCUT2D eigenvalue weighted by Gasteiger charge is 2.28. The van der Waals surface area contributed by atoms with Crippen molar-refractivity contribution in [2.75, 3.05) is 7.11 Å². The summed E-state index contributed by atoms with van der Waals surface area (Å²) in [4.78, 5) is 17.7. The minimum absolute atomic E-state index is 0.0585. The van der Waals surface area contributed by atoms with Crippen LogP contribution in [-0.4, -0.2) is 32.6 Å². The molecule has 1 unspecified atom stereocenters. The molecule has 7 nitrogen and oxygen atoms in total. The summed E-state index contributed by atoms with van der Waals surface area (Å²) < 4.78 is 44.6. The van der Waals surface area contributed by atoms with Crippen LogP contribution in [0, 0.1) is 23.1 Å². The average Bonchev–Trinajstić information content (AvgIpc) is 2.84. The van der Waals surface area contributed by atoms with E-state index in [0.29, 0.717) is 17.5 Å². The Labute approximate surface area is 226 Å². The first-order chi connectivity index (χ1) is 17.9. The summed E-state index contributed by atoms with van der Waals surface area (Å²) in [7, 11) is -2.61. The van der Waals surface area contributed by atoms with E-state index < -0.39 is 27.3 Å². The van der Waals surface area contributed by atoms with Crippen molar-refractivity contribution in [1.29, 1.82) is 5.26 Å². The van der Waals surface area contributed by atoms with Crippen LogP contribution in [0.25, 0.3) is 11.1 Å². The smallest absolute Gasteiger partial charge is 0.241 e. The molecule has 0 aromatic heterocycles. The van der Waals surface area contributed by atoms with E-state index in [1.54, 1.807) is 45.0 Å². The molecule has 0 bridgehead atoms. The average molecular weight is 544 g/mol. The van der Waals surface area contributed by atoms with Gasteiger partial charge < -0.3 is 4.84 Å². The molecule has 0 radical (unpaired) electrons. The number of nitriles is 1. The van der Waals surface area contributed by atoms with Crippen LogP contribution in [-0.2, 0) is 32.5 Å². The molecule has 0 aliphatic carbocycles. The molecule has 9 heteroatoms. The number of nitrogens with one attached hydrogen (secondary N) is 1. The van der Waals surface area contributed by atoms with Crippen LogP contribution < -0.4 is 4.72 Å². The molecule has 0 aliphatic heterocycles. The molecular weight excluding hydrogens is 505 g/mol. The van der Waals surface area contributed by atoms with Gasteiger partial charge in [0.25, 0.3) is 0 Å². The van der Waals surface area contributed by atoms with Crippen LogP contribution >= 0.6 is 0 Å². The molecule has 0 amide bonds. The minimum Gasteiger partial charge on any atom is -0.398 e. The summed E-state index contributed by atoms with van der Waals surface area (Å²) in [5.41, 5.74) is 1.16. The fraction of sp³-hybridized carbons (Fsp3) is 0.483. The summed E-state index contributed by atoms with van der Waals surface area (Å²) in [6, 6.07) is 11.5. The van der Waals surface area contributed by atoms with Crippen LogP contribution in [0.3, 0.4) is 0 Å². The number of halogens is 1. The number of sulfonamides is 1. The van der Waals surface area contributed by atoms with Gasteiger partial charge in [-0.1, -0.05) is 50.0 Å². The van der Waals surface area contributed by atoms with Crippen molar-refractivity contribution in [1.82, 2.24) is 4.72 Å². The lowest BCUT2D eigenvalue weighted by Gasteiger charge is -2.22. The van der Waals surface area contributed by atoms with Gasteiger partial charge in [-0.05, 0) is 74.9 Å². The summed E-state index contributed by atoms with van der Waals surface area (Å²) in [6.07, 6.45) is 3.26. The summed E-state index contributed by atoms with van der Waals surface area (Å²) >= 11 is 0. The number of rotatable bonds is 13.